The largest absolute Gasteiger partial charge is 0.467 e. The summed E-state index contributed by atoms with van der Waals surface area (Å²) in [6.07, 6.45) is 0.831. The van der Waals surface area contributed by atoms with Crippen LogP contribution in [0.15, 0.2) is 54.6 Å². The minimum atomic E-state index is -0.364. The third kappa shape index (κ3) is 3.60. The summed E-state index contributed by atoms with van der Waals surface area (Å²) in [4.78, 5) is 11.5. The smallest absolute Gasteiger partial charge is 0.327 e. The Balaban J connectivity index is 2.16. The van der Waals surface area contributed by atoms with Gasteiger partial charge in [0.15, 0.2) is 0 Å². The van der Waals surface area contributed by atoms with E-state index in [1.165, 1.54) is 12.7 Å². The van der Waals surface area contributed by atoms with E-state index >= 15 is 0 Å². The highest BCUT2D eigenvalue weighted by molar-refractivity contribution is 5.79. The van der Waals surface area contributed by atoms with Crippen molar-refractivity contribution in [3.8, 4) is 0 Å². The Morgan fingerprint density at radius 1 is 1.10 bits per heavy atom. The lowest BCUT2D eigenvalue weighted by Crippen LogP contribution is -2.27. The molecular weight excluding hydrogens is 250 g/mol. The first kappa shape index (κ1) is 14.1. The first-order valence-electron chi connectivity index (χ1n) is 6.67. The minimum absolute atomic E-state index is 0.264. The van der Waals surface area contributed by atoms with Crippen LogP contribution in [0.5, 0.6) is 0 Å². The summed E-state index contributed by atoms with van der Waals surface area (Å²) in [6, 6.07) is 17.9. The quantitative estimate of drug-likeness (QED) is 0.847. The highest BCUT2D eigenvalue weighted by atomic mass is 16.5. The maximum atomic E-state index is 11.5. The van der Waals surface area contributed by atoms with Crippen LogP contribution in [0.25, 0.3) is 0 Å². The summed E-state index contributed by atoms with van der Waals surface area (Å²) in [5.74, 6) is -0.264. The van der Waals surface area contributed by atoms with Gasteiger partial charge < -0.3 is 10.1 Å². The molecule has 20 heavy (non-hydrogen) atoms. The van der Waals surface area contributed by atoms with E-state index in [1.54, 1.807) is 6.92 Å². The molecule has 3 nitrogen and oxygen atoms in total. The van der Waals surface area contributed by atoms with Crippen molar-refractivity contribution < 1.29 is 9.53 Å². The molecule has 0 aliphatic heterocycles. The van der Waals surface area contributed by atoms with Crippen molar-refractivity contribution in [3.63, 3.8) is 0 Å². The standard InChI is InChI=1S/C17H19NO2/c1-13(17(19)20-2)18-16-11-7-6-10-15(16)12-14-8-4-3-5-9-14/h3-11,13,18H,12H2,1-2H3. The van der Waals surface area contributed by atoms with E-state index in [0.717, 1.165) is 17.7 Å². The zero-order chi connectivity index (χ0) is 14.4. The van der Waals surface area contributed by atoms with Crippen molar-refractivity contribution in [2.45, 2.75) is 19.4 Å². The summed E-state index contributed by atoms with van der Waals surface area (Å²) in [7, 11) is 1.40. The number of methoxy groups -OCH3 is 1. The van der Waals surface area contributed by atoms with Crippen LogP contribution in [-0.2, 0) is 16.0 Å². The fraction of sp³-hybridized carbons (Fsp3) is 0.235. The van der Waals surface area contributed by atoms with Crippen LogP contribution in [0.4, 0.5) is 5.69 Å². The van der Waals surface area contributed by atoms with Crippen LogP contribution in [0.2, 0.25) is 0 Å². The molecule has 1 atom stereocenters. The average Bonchev–Trinajstić information content (AvgIpc) is 2.49. The second-order valence-electron chi connectivity index (χ2n) is 4.71. The molecule has 0 amide bonds. The third-order valence-corrected chi connectivity index (χ3v) is 3.18. The van der Waals surface area contributed by atoms with E-state index in [4.69, 9.17) is 4.74 Å². The van der Waals surface area contributed by atoms with Gasteiger partial charge in [0.2, 0.25) is 0 Å². The van der Waals surface area contributed by atoms with Crippen molar-refractivity contribution in [2.75, 3.05) is 12.4 Å². The average molecular weight is 269 g/mol. The van der Waals surface area contributed by atoms with Crippen LogP contribution in [0.3, 0.4) is 0 Å². The molecule has 1 N–H and O–H groups in total. The van der Waals surface area contributed by atoms with Crippen LogP contribution in [0, 0.1) is 0 Å². The van der Waals surface area contributed by atoms with Gasteiger partial charge >= 0.3 is 5.97 Å². The molecule has 0 bridgehead atoms. The molecule has 0 radical (unpaired) electrons. The number of hydrogen-bond donors (Lipinski definition) is 1. The number of anilines is 1. The van der Waals surface area contributed by atoms with Gasteiger partial charge in [-0.1, -0.05) is 48.5 Å². The molecule has 2 aromatic carbocycles. The highest BCUT2D eigenvalue weighted by Gasteiger charge is 2.14. The van der Waals surface area contributed by atoms with Crippen molar-refractivity contribution in [1.82, 2.24) is 0 Å². The third-order valence-electron chi connectivity index (χ3n) is 3.18. The van der Waals surface area contributed by atoms with Crippen molar-refractivity contribution in [2.24, 2.45) is 0 Å². The molecule has 1 unspecified atom stereocenters. The van der Waals surface area contributed by atoms with Gasteiger partial charge in [-0.3, -0.25) is 0 Å². The zero-order valence-electron chi connectivity index (χ0n) is 11.8. The Morgan fingerprint density at radius 3 is 2.45 bits per heavy atom. The molecule has 0 fully saturated rings. The highest BCUT2D eigenvalue weighted by Crippen LogP contribution is 2.20. The molecule has 0 saturated carbocycles. The van der Waals surface area contributed by atoms with E-state index < -0.39 is 0 Å². The van der Waals surface area contributed by atoms with E-state index in [-0.39, 0.29) is 12.0 Å². The lowest BCUT2D eigenvalue weighted by Gasteiger charge is -2.16. The van der Waals surface area contributed by atoms with Gasteiger partial charge in [-0.2, -0.15) is 0 Å². The number of para-hydroxylation sites is 1. The molecule has 0 heterocycles. The molecule has 3 heteroatoms. The SMILES string of the molecule is COC(=O)C(C)Nc1ccccc1Cc1ccccc1. The van der Waals surface area contributed by atoms with Crippen LogP contribution in [-0.4, -0.2) is 19.1 Å². The number of benzene rings is 2. The Labute approximate surface area is 119 Å². The van der Waals surface area contributed by atoms with Gasteiger partial charge in [0.25, 0.3) is 0 Å². The van der Waals surface area contributed by atoms with Gasteiger partial charge in [-0.25, -0.2) is 4.79 Å². The van der Waals surface area contributed by atoms with Crippen molar-refractivity contribution in [1.29, 1.82) is 0 Å². The predicted octanol–water partition coefficient (Wildman–Crippen LogP) is 3.25. The van der Waals surface area contributed by atoms with Gasteiger partial charge in [-0.15, -0.1) is 0 Å². The maximum Gasteiger partial charge on any atom is 0.327 e. The minimum Gasteiger partial charge on any atom is -0.467 e. The van der Waals surface area contributed by atoms with Crippen LogP contribution < -0.4 is 5.32 Å². The fourth-order valence-electron chi connectivity index (χ4n) is 2.10. The van der Waals surface area contributed by atoms with Gasteiger partial charge in [0.05, 0.1) is 7.11 Å². The Morgan fingerprint density at radius 2 is 1.75 bits per heavy atom. The molecule has 2 rings (SSSR count). The first-order valence-corrected chi connectivity index (χ1v) is 6.67. The molecule has 0 spiro atoms. The molecule has 0 aliphatic rings. The summed E-state index contributed by atoms with van der Waals surface area (Å²) < 4.78 is 4.74. The first-order chi connectivity index (χ1) is 9.70. The molecule has 0 aliphatic carbocycles. The summed E-state index contributed by atoms with van der Waals surface area (Å²) in [5, 5.41) is 3.21. The van der Waals surface area contributed by atoms with E-state index in [0.29, 0.717) is 0 Å². The zero-order valence-corrected chi connectivity index (χ0v) is 11.8. The van der Waals surface area contributed by atoms with Gasteiger partial charge in [-0.05, 0) is 30.5 Å². The molecule has 0 aromatic heterocycles. The second-order valence-corrected chi connectivity index (χ2v) is 4.71. The summed E-state index contributed by atoms with van der Waals surface area (Å²) in [5.41, 5.74) is 3.37. The second kappa shape index (κ2) is 6.75. The molecular formula is C17H19NO2. The van der Waals surface area contributed by atoms with Gasteiger partial charge in [0.1, 0.15) is 6.04 Å². The normalized spacial score (nSPS) is 11.7. The molecule has 104 valence electrons. The summed E-state index contributed by atoms with van der Waals surface area (Å²) >= 11 is 0. The van der Waals surface area contributed by atoms with Crippen molar-refractivity contribution >= 4 is 11.7 Å². The topological polar surface area (TPSA) is 38.3 Å². The number of esters is 1. The monoisotopic (exact) mass is 269 g/mol. The lowest BCUT2D eigenvalue weighted by molar-refractivity contribution is -0.141. The van der Waals surface area contributed by atoms with Crippen LogP contribution >= 0.6 is 0 Å². The van der Waals surface area contributed by atoms with E-state index in [2.05, 4.69) is 23.5 Å². The Kier molecular flexibility index (Phi) is 4.77. The maximum absolute atomic E-state index is 11.5. The number of hydrogen-bond acceptors (Lipinski definition) is 3. The Hall–Kier alpha value is -2.29. The predicted molar refractivity (Wildman–Crippen MR) is 80.8 cm³/mol. The molecule has 2 aromatic rings. The Bertz CT molecular complexity index is 566. The number of ether oxygens (including phenoxy) is 1. The number of carbonyl (C=O) groups is 1. The van der Waals surface area contributed by atoms with E-state index in [9.17, 15) is 4.79 Å². The number of carbonyl (C=O) groups excluding carboxylic acids is 1. The fourth-order valence-corrected chi connectivity index (χ4v) is 2.10. The number of nitrogens with one attached hydrogen (secondary N) is 1. The summed E-state index contributed by atoms with van der Waals surface area (Å²) in [6.45, 7) is 1.80. The van der Waals surface area contributed by atoms with Crippen LogP contribution in [0.1, 0.15) is 18.1 Å². The van der Waals surface area contributed by atoms with Gasteiger partial charge in [0, 0.05) is 5.69 Å². The lowest BCUT2D eigenvalue weighted by atomic mass is 10.0. The molecule has 0 saturated heterocycles. The van der Waals surface area contributed by atoms with E-state index in [1.807, 2.05) is 36.4 Å². The number of rotatable bonds is 5. The van der Waals surface area contributed by atoms with Crippen molar-refractivity contribution in [3.05, 3.63) is 65.7 Å².